The summed E-state index contributed by atoms with van der Waals surface area (Å²) in [5.74, 6) is -1.06. The van der Waals surface area contributed by atoms with Crippen molar-refractivity contribution in [3.8, 4) is 0 Å². The fourth-order valence-electron chi connectivity index (χ4n) is 1.70. The summed E-state index contributed by atoms with van der Waals surface area (Å²) in [5.41, 5.74) is 1.65. The number of nitrogens with one attached hydrogen (secondary N) is 2. The normalized spacial score (nSPS) is 9.85. The minimum absolute atomic E-state index is 0.175. The van der Waals surface area contributed by atoms with Crippen molar-refractivity contribution in [2.24, 2.45) is 0 Å². The van der Waals surface area contributed by atoms with Crippen molar-refractivity contribution in [1.82, 2.24) is 10.2 Å². The van der Waals surface area contributed by atoms with Crippen LogP contribution in [0.15, 0.2) is 36.9 Å². The second-order valence-electron chi connectivity index (χ2n) is 4.22. The maximum atomic E-state index is 12.0. The van der Waals surface area contributed by atoms with Gasteiger partial charge in [-0.1, -0.05) is 18.2 Å². The van der Waals surface area contributed by atoms with Crippen molar-refractivity contribution in [3.05, 3.63) is 42.5 Å². The van der Waals surface area contributed by atoms with Gasteiger partial charge in [0.05, 0.1) is 0 Å². The summed E-state index contributed by atoms with van der Waals surface area (Å²) < 4.78 is 0. The third-order valence-corrected chi connectivity index (χ3v) is 2.52. The van der Waals surface area contributed by atoms with E-state index in [4.69, 9.17) is 5.11 Å². The average molecular weight is 277 g/mol. The molecule has 0 aromatic heterocycles. The highest BCUT2D eigenvalue weighted by molar-refractivity contribution is 5.91. The number of nitrogens with zero attached hydrogens (tertiary/aromatic N) is 1. The van der Waals surface area contributed by atoms with Gasteiger partial charge in [-0.25, -0.2) is 4.79 Å². The molecule has 0 bridgehead atoms. The summed E-state index contributed by atoms with van der Waals surface area (Å²) in [6, 6.07) is 6.89. The van der Waals surface area contributed by atoms with Crippen LogP contribution >= 0.6 is 0 Å². The van der Waals surface area contributed by atoms with Crippen LogP contribution < -0.4 is 10.6 Å². The average Bonchev–Trinajstić information content (AvgIpc) is 2.38. The van der Waals surface area contributed by atoms with Crippen LogP contribution in [-0.2, 0) is 11.3 Å². The van der Waals surface area contributed by atoms with Gasteiger partial charge in [0.1, 0.15) is 6.54 Å². The molecule has 0 aliphatic heterocycles. The van der Waals surface area contributed by atoms with Crippen molar-refractivity contribution in [1.29, 1.82) is 0 Å². The first-order valence-electron chi connectivity index (χ1n) is 6.19. The van der Waals surface area contributed by atoms with Crippen LogP contribution in [0.1, 0.15) is 5.56 Å². The number of urea groups is 1. The second kappa shape index (κ2) is 7.96. The zero-order valence-electron chi connectivity index (χ0n) is 11.4. The summed E-state index contributed by atoms with van der Waals surface area (Å²) in [7, 11) is 1.84. The van der Waals surface area contributed by atoms with Gasteiger partial charge >= 0.3 is 12.0 Å². The smallest absolute Gasteiger partial charge is 0.323 e. The molecule has 0 radical (unpaired) electrons. The second-order valence-corrected chi connectivity index (χ2v) is 4.22. The van der Waals surface area contributed by atoms with E-state index in [2.05, 4.69) is 17.2 Å². The number of carboxylic acids is 1. The van der Waals surface area contributed by atoms with E-state index >= 15 is 0 Å². The van der Waals surface area contributed by atoms with Gasteiger partial charge in [-0.3, -0.25) is 4.79 Å². The molecule has 6 heteroatoms. The van der Waals surface area contributed by atoms with Crippen molar-refractivity contribution in [2.45, 2.75) is 6.54 Å². The van der Waals surface area contributed by atoms with E-state index in [1.807, 2.05) is 25.2 Å². The molecule has 1 aromatic carbocycles. The molecule has 6 nitrogen and oxygen atoms in total. The number of hydrogen-bond acceptors (Lipinski definition) is 3. The third kappa shape index (κ3) is 5.11. The Morgan fingerprint density at radius 2 is 2.20 bits per heavy atom. The number of carbonyl (C=O) groups is 2. The number of benzene rings is 1. The Morgan fingerprint density at radius 1 is 1.45 bits per heavy atom. The van der Waals surface area contributed by atoms with Crippen LogP contribution in [0.5, 0.6) is 0 Å². The van der Waals surface area contributed by atoms with Crippen LogP contribution in [0.2, 0.25) is 0 Å². The first kappa shape index (κ1) is 15.7. The fourth-order valence-corrected chi connectivity index (χ4v) is 1.70. The number of aliphatic carboxylic acids is 1. The molecule has 0 aliphatic rings. The summed E-state index contributed by atoms with van der Waals surface area (Å²) in [6.45, 7) is 4.01. The van der Waals surface area contributed by atoms with E-state index in [1.165, 1.54) is 11.0 Å². The van der Waals surface area contributed by atoms with E-state index in [0.717, 1.165) is 5.56 Å². The highest BCUT2D eigenvalue weighted by Crippen LogP contribution is 2.11. The maximum absolute atomic E-state index is 12.0. The van der Waals surface area contributed by atoms with Gasteiger partial charge in [0.25, 0.3) is 0 Å². The molecule has 0 spiro atoms. The first-order chi connectivity index (χ1) is 9.56. The van der Waals surface area contributed by atoms with Gasteiger partial charge in [0.2, 0.25) is 0 Å². The topological polar surface area (TPSA) is 81.7 Å². The summed E-state index contributed by atoms with van der Waals surface area (Å²) in [5, 5.41) is 14.5. The highest BCUT2D eigenvalue weighted by Gasteiger charge is 2.15. The number of hydrogen-bond donors (Lipinski definition) is 3. The van der Waals surface area contributed by atoms with Crippen molar-refractivity contribution >= 4 is 17.7 Å². The molecule has 0 aliphatic carbocycles. The van der Waals surface area contributed by atoms with E-state index in [9.17, 15) is 9.59 Å². The SMILES string of the molecule is C=CCN(CC(=O)O)C(=O)Nc1cccc(CNC)c1. The van der Waals surface area contributed by atoms with Crippen LogP contribution in [0, 0.1) is 0 Å². The Balaban J connectivity index is 2.73. The maximum Gasteiger partial charge on any atom is 0.323 e. The molecule has 0 fully saturated rings. The van der Waals surface area contributed by atoms with Crippen LogP contribution in [0.4, 0.5) is 10.5 Å². The summed E-state index contributed by atoms with van der Waals surface area (Å²) in [4.78, 5) is 23.9. The van der Waals surface area contributed by atoms with Gasteiger partial charge in [-0.15, -0.1) is 6.58 Å². The van der Waals surface area contributed by atoms with Crippen LogP contribution in [-0.4, -0.2) is 42.1 Å². The molecule has 0 heterocycles. The van der Waals surface area contributed by atoms with Crippen LogP contribution in [0.3, 0.4) is 0 Å². The standard InChI is InChI=1S/C14H19N3O3/c1-3-7-17(10-13(18)19)14(20)16-12-6-4-5-11(8-12)9-15-2/h3-6,8,15H,1,7,9-10H2,2H3,(H,16,20)(H,18,19). The van der Waals surface area contributed by atoms with Gasteiger partial charge in [0.15, 0.2) is 0 Å². The molecule has 20 heavy (non-hydrogen) atoms. The van der Waals surface area contributed by atoms with Crippen LogP contribution in [0.25, 0.3) is 0 Å². The van der Waals surface area contributed by atoms with Crippen molar-refractivity contribution in [3.63, 3.8) is 0 Å². The lowest BCUT2D eigenvalue weighted by Crippen LogP contribution is -2.38. The zero-order chi connectivity index (χ0) is 15.0. The Labute approximate surface area is 118 Å². The molecule has 2 amide bonds. The molecule has 1 rings (SSSR count). The zero-order valence-corrected chi connectivity index (χ0v) is 11.4. The van der Waals surface area contributed by atoms with Gasteiger partial charge in [-0.2, -0.15) is 0 Å². The van der Waals surface area contributed by atoms with Gasteiger partial charge in [0, 0.05) is 18.8 Å². The number of rotatable bonds is 7. The molecule has 0 atom stereocenters. The fraction of sp³-hybridized carbons (Fsp3) is 0.286. The summed E-state index contributed by atoms with van der Waals surface area (Å²) in [6.07, 6.45) is 1.49. The molecule has 108 valence electrons. The van der Waals surface area contributed by atoms with E-state index in [1.54, 1.807) is 6.07 Å². The Kier molecular flexibility index (Phi) is 6.25. The van der Waals surface area contributed by atoms with Crippen molar-refractivity contribution in [2.75, 3.05) is 25.5 Å². The lowest BCUT2D eigenvalue weighted by Gasteiger charge is -2.19. The molecule has 0 saturated heterocycles. The number of carboxylic acid groups (broad SMARTS) is 1. The van der Waals surface area contributed by atoms with Gasteiger partial charge < -0.3 is 20.6 Å². The van der Waals surface area contributed by atoms with Crippen molar-refractivity contribution < 1.29 is 14.7 Å². The molecule has 3 N–H and O–H groups in total. The number of amides is 2. The van der Waals surface area contributed by atoms with E-state index < -0.39 is 12.0 Å². The third-order valence-electron chi connectivity index (χ3n) is 2.52. The number of carbonyl (C=O) groups excluding carboxylic acids is 1. The number of anilines is 1. The molecule has 0 unspecified atom stereocenters. The summed E-state index contributed by atoms with van der Waals surface area (Å²) >= 11 is 0. The largest absolute Gasteiger partial charge is 0.480 e. The minimum atomic E-state index is -1.06. The minimum Gasteiger partial charge on any atom is -0.480 e. The Hall–Kier alpha value is -2.34. The Bertz CT molecular complexity index is 488. The molecular weight excluding hydrogens is 258 g/mol. The predicted octanol–water partition coefficient (Wildman–Crippen LogP) is 1.51. The van der Waals surface area contributed by atoms with E-state index in [0.29, 0.717) is 12.2 Å². The monoisotopic (exact) mass is 277 g/mol. The van der Waals surface area contributed by atoms with E-state index in [-0.39, 0.29) is 13.1 Å². The molecule has 1 aromatic rings. The quantitative estimate of drug-likeness (QED) is 0.660. The predicted molar refractivity (Wildman–Crippen MR) is 77.6 cm³/mol. The highest BCUT2D eigenvalue weighted by atomic mass is 16.4. The first-order valence-corrected chi connectivity index (χ1v) is 6.19. The lowest BCUT2D eigenvalue weighted by atomic mass is 10.2. The molecular formula is C14H19N3O3. The van der Waals surface area contributed by atoms with Gasteiger partial charge in [-0.05, 0) is 24.7 Å². The lowest BCUT2D eigenvalue weighted by molar-refractivity contribution is -0.137. The molecule has 0 saturated carbocycles. The Morgan fingerprint density at radius 3 is 2.80 bits per heavy atom.